The molecule has 3 aromatic rings. The van der Waals surface area contributed by atoms with Crippen LogP contribution in [0, 0.1) is 0 Å². The second kappa shape index (κ2) is 6.74. The van der Waals surface area contributed by atoms with Gasteiger partial charge >= 0.3 is 0 Å². The fourth-order valence-corrected chi connectivity index (χ4v) is 3.05. The summed E-state index contributed by atoms with van der Waals surface area (Å²) >= 11 is 7.78. The van der Waals surface area contributed by atoms with Gasteiger partial charge in [-0.3, -0.25) is 0 Å². The predicted molar refractivity (Wildman–Crippen MR) is 85.0 cm³/mol. The Morgan fingerprint density at radius 2 is 1.76 bits per heavy atom. The van der Waals surface area contributed by atoms with Crippen LogP contribution >= 0.6 is 23.4 Å². The molecular weight excluding hydrogens is 304 g/mol. The highest BCUT2D eigenvalue weighted by atomic mass is 35.5. The largest absolute Gasteiger partial charge is 0.214 e. The van der Waals surface area contributed by atoms with E-state index in [2.05, 4.69) is 15.5 Å². The maximum absolute atomic E-state index is 6.16. The fraction of sp³-hybridized carbons (Fsp3) is 0.133. The van der Waals surface area contributed by atoms with Gasteiger partial charge in [-0.1, -0.05) is 59.8 Å². The third-order valence-corrected chi connectivity index (χ3v) is 4.29. The molecule has 4 nitrogen and oxygen atoms in total. The lowest BCUT2D eigenvalue weighted by Gasteiger charge is -2.05. The number of hydrogen-bond acceptors (Lipinski definition) is 4. The molecule has 0 fully saturated rings. The predicted octanol–water partition coefficient (Wildman–Crippen LogP) is 3.65. The van der Waals surface area contributed by atoms with Crippen LogP contribution in [0.1, 0.15) is 5.56 Å². The molecule has 0 atom stereocenters. The first kappa shape index (κ1) is 14.1. The lowest BCUT2D eigenvalue weighted by atomic mass is 10.2. The Morgan fingerprint density at radius 1 is 1.00 bits per heavy atom. The van der Waals surface area contributed by atoms with Crippen LogP contribution in [-0.4, -0.2) is 26.0 Å². The lowest BCUT2D eigenvalue weighted by molar-refractivity contribution is 0.756. The van der Waals surface area contributed by atoms with Gasteiger partial charge in [0.2, 0.25) is 5.16 Å². The van der Waals surface area contributed by atoms with E-state index < -0.39 is 0 Å². The number of thioether (sulfide) groups is 1. The number of tetrazole rings is 1. The molecule has 0 saturated heterocycles. The molecule has 0 saturated carbocycles. The summed E-state index contributed by atoms with van der Waals surface area (Å²) in [5.74, 6) is 0.872. The molecule has 0 aliphatic heterocycles. The quantitative estimate of drug-likeness (QED) is 0.674. The van der Waals surface area contributed by atoms with E-state index in [4.69, 9.17) is 11.6 Å². The third-order valence-electron chi connectivity index (χ3n) is 3.00. The first-order valence-corrected chi connectivity index (χ1v) is 7.91. The maximum atomic E-state index is 6.16. The molecule has 0 unspecified atom stereocenters. The zero-order valence-electron chi connectivity index (χ0n) is 11.2. The minimum Gasteiger partial charge on any atom is -0.188 e. The van der Waals surface area contributed by atoms with Crippen LogP contribution in [0.5, 0.6) is 0 Å². The Morgan fingerprint density at radius 3 is 2.57 bits per heavy atom. The average Bonchev–Trinajstić information content (AvgIpc) is 2.99. The van der Waals surface area contributed by atoms with Gasteiger partial charge in [-0.05, 0) is 40.6 Å². The van der Waals surface area contributed by atoms with Crippen molar-refractivity contribution in [2.24, 2.45) is 0 Å². The molecule has 2 aromatic carbocycles. The normalized spacial score (nSPS) is 10.7. The molecule has 0 amide bonds. The van der Waals surface area contributed by atoms with E-state index in [1.54, 1.807) is 16.4 Å². The van der Waals surface area contributed by atoms with E-state index in [-0.39, 0.29) is 0 Å². The molecule has 0 spiro atoms. The second-order valence-corrected chi connectivity index (χ2v) is 5.87. The third kappa shape index (κ3) is 3.43. The van der Waals surface area contributed by atoms with E-state index in [0.717, 1.165) is 33.6 Å². The zero-order chi connectivity index (χ0) is 14.5. The Hall–Kier alpha value is -1.85. The number of aryl methyl sites for hydroxylation is 1. The van der Waals surface area contributed by atoms with Crippen molar-refractivity contribution in [2.45, 2.75) is 11.6 Å². The number of benzene rings is 2. The van der Waals surface area contributed by atoms with Crippen LogP contribution in [0.2, 0.25) is 5.02 Å². The summed E-state index contributed by atoms with van der Waals surface area (Å²) in [6, 6.07) is 17.8. The van der Waals surface area contributed by atoms with Gasteiger partial charge in [0, 0.05) is 10.8 Å². The SMILES string of the molecule is Clc1ccccc1CCSc1nnnn1-c1ccccc1. The molecule has 21 heavy (non-hydrogen) atoms. The Labute approximate surface area is 132 Å². The first-order valence-electron chi connectivity index (χ1n) is 6.54. The number of nitrogens with zero attached hydrogens (tertiary/aromatic N) is 4. The van der Waals surface area contributed by atoms with Gasteiger partial charge < -0.3 is 0 Å². The van der Waals surface area contributed by atoms with Gasteiger partial charge in [0.15, 0.2) is 0 Å². The Kier molecular flexibility index (Phi) is 4.52. The Bertz CT molecular complexity index is 714. The highest BCUT2D eigenvalue weighted by Crippen LogP contribution is 2.21. The second-order valence-electron chi connectivity index (χ2n) is 4.40. The van der Waals surface area contributed by atoms with Crippen molar-refractivity contribution in [3.05, 3.63) is 65.2 Å². The van der Waals surface area contributed by atoms with Gasteiger partial charge in [0.05, 0.1) is 5.69 Å². The number of hydrogen-bond donors (Lipinski definition) is 0. The van der Waals surface area contributed by atoms with Crippen molar-refractivity contribution in [3.63, 3.8) is 0 Å². The van der Waals surface area contributed by atoms with Gasteiger partial charge in [0.1, 0.15) is 0 Å². The zero-order valence-corrected chi connectivity index (χ0v) is 12.8. The van der Waals surface area contributed by atoms with Crippen molar-refractivity contribution in [2.75, 3.05) is 5.75 Å². The smallest absolute Gasteiger partial charge is 0.188 e. The van der Waals surface area contributed by atoms with Crippen molar-refractivity contribution in [3.8, 4) is 5.69 Å². The van der Waals surface area contributed by atoms with E-state index >= 15 is 0 Å². The van der Waals surface area contributed by atoms with E-state index in [1.807, 2.05) is 54.6 Å². The lowest BCUT2D eigenvalue weighted by Crippen LogP contribution is -1.99. The van der Waals surface area contributed by atoms with Crippen LogP contribution < -0.4 is 0 Å². The van der Waals surface area contributed by atoms with Crippen LogP contribution in [0.4, 0.5) is 0 Å². The highest BCUT2D eigenvalue weighted by Gasteiger charge is 2.08. The summed E-state index contributed by atoms with van der Waals surface area (Å²) in [6.45, 7) is 0. The van der Waals surface area contributed by atoms with Gasteiger partial charge in [0.25, 0.3) is 0 Å². The summed E-state index contributed by atoms with van der Waals surface area (Å²) < 4.78 is 1.75. The summed E-state index contributed by atoms with van der Waals surface area (Å²) in [7, 11) is 0. The molecule has 106 valence electrons. The molecule has 0 N–H and O–H groups in total. The molecule has 0 aliphatic carbocycles. The van der Waals surface area contributed by atoms with Crippen LogP contribution in [0.15, 0.2) is 59.8 Å². The van der Waals surface area contributed by atoms with E-state index in [1.165, 1.54) is 0 Å². The fourth-order valence-electron chi connectivity index (χ4n) is 1.95. The summed E-state index contributed by atoms with van der Waals surface area (Å²) in [5.41, 5.74) is 2.10. The molecule has 0 bridgehead atoms. The van der Waals surface area contributed by atoms with E-state index in [9.17, 15) is 0 Å². The summed E-state index contributed by atoms with van der Waals surface area (Å²) in [6.07, 6.45) is 0.881. The van der Waals surface area contributed by atoms with Gasteiger partial charge in [-0.25, -0.2) is 0 Å². The van der Waals surface area contributed by atoms with Crippen LogP contribution in [0.3, 0.4) is 0 Å². The Balaban J connectivity index is 1.67. The van der Waals surface area contributed by atoms with Gasteiger partial charge in [-0.2, -0.15) is 4.68 Å². The monoisotopic (exact) mass is 316 g/mol. The number of halogens is 1. The number of aromatic nitrogens is 4. The number of para-hydroxylation sites is 1. The van der Waals surface area contributed by atoms with Crippen LogP contribution in [-0.2, 0) is 6.42 Å². The summed E-state index contributed by atoms with van der Waals surface area (Å²) in [4.78, 5) is 0. The van der Waals surface area contributed by atoms with Crippen molar-refractivity contribution in [1.82, 2.24) is 20.2 Å². The summed E-state index contributed by atoms with van der Waals surface area (Å²) in [5, 5.41) is 13.5. The average molecular weight is 317 g/mol. The standard InChI is InChI=1S/C15H13ClN4S/c16-14-9-5-4-6-12(14)10-11-21-15-17-18-19-20(15)13-7-2-1-3-8-13/h1-9H,10-11H2. The molecule has 1 aromatic heterocycles. The molecule has 6 heteroatoms. The topological polar surface area (TPSA) is 43.6 Å². The van der Waals surface area contributed by atoms with Crippen LogP contribution in [0.25, 0.3) is 5.69 Å². The molecule has 0 radical (unpaired) electrons. The number of rotatable bonds is 5. The minimum atomic E-state index is 0.785. The molecule has 1 heterocycles. The molecular formula is C15H13ClN4S. The first-order chi connectivity index (χ1) is 10.3. The highest BCUT2D eigenvalue weighted by molar-refractivity contribution is 7.99. The maximum Gasteiger partial charge on any atom is 0.214 e. The molecule has 0 aliphatic rings. The minimum absolute atomic E-state index is 0.785. The van der Waals surface area contributed by atoms with Gasteiger partial charge in [-0.15, -0.1) is 5.10 Å². The van der Waals surface area contributed by atoms with E-state index in [0.29, 0.717) is 0 Å². The van der Waals surface area contributed by atoms with Crippen molar-refractivity contribution in [1.29, 1.82) is 0 Å². The molecule has 3 rings (SSSR count). The van der Waals surface area contributed by atoms with Crippen molar-refractivity contribution >= 4 is 23.4 Å². The van der Waals surface area contributed by atoms with Crippen molar-refractivity contribution < 1.29 is 0 Å².